The third-order valence-corrected chi connectivity index (χ3v) is 3.39. The summed E-state index contributed by atoms with van der Waals surface area (Å²) >= 11 is 1.76. The molecular formula is C18H28S. The van der Waals surface area contributed by atoms with E-state index in [4.69, 9.17) is 0 Å². The van der Waals surface area contributed by atoms with E-state index in [2.05, 4.69) is 38.3 Å². The highest BCUT2D eigenvalue weighted by atomic mass is 32.1. The van der Waals surface area contributed by atoms with Gasteiger partial charge < -0.3 is 0 Å². The second-order valence-electron chi connectivity index (χ2n) is 3.05. The molecule has 1 aromatic heterocycles. The minimum atomic E-state index is 1.22. The second kappa shape index (κ2) is 13.1. The van der Waals surface area contributed by atoms with Crippen LogP contribution in [0.2, 0.25) is 0 Å². The molecule has 0 atom stereocenters. The number of hydrogen-bond acceptors (Lipinski definition) is 1. The van der Waals surface area contributed by atoms with E-state index >= 15 is 0 Å². The van der Waals surface area contributed by atoms with Gasteiger partial charge in [0, 0.05) is 9.41 Å². The molecule has 1 heterocycles. The van der Waals surface area contributed by atoms with Crippen molar-refractivity contribution < 1.29 is 0 Å². The Morgan fingerprint density at radius 2 is 1.58 bits per heavy atom. The fraction of sp³-hybridized carbons (Fsp3) is 0.333. The van der Waals surface area contributed by atoms with Gasteiger partial charge in [-0.2, -0.15) is 0 Å². The Morgan fingerprint density at radius 3 is 1.95 bits per heavy atom. The molecule has 106 valence electrons. The van der Waals surface area contributed by atoms with Gasteiger partial charge in [0.05, 0.1) is 0 Å². The van der Waals surface area contributed by atoms with Gasteiger partial charge in [-0.25, -0.2) is 0 Å². The zero-order valence-electron chi connectivity index (χ0n) is 13.3. The van der Waals surface area contributed by atoms with Gasteiger partial charge in [-0.1, -0.05) is 77.3 Å². The molecule has 0 amide bonds. The first-order chi connectivity index (χ1) is 9.28. The Kier molecular flexibility index (Phi) is 13.8. The summed E-state index contributed by atoms with van der Waals surface area (Å²) in [7, 11) is 0. The molecule has 0 aromatic carbocycles. The van der Waals surface area contributed by atoms with Crippen molar-refractivity contribution >= 4 is 35.6 Å². The smallest absolute Gasteiger partial charge is 0.0349 e. The monoisotopic (exact) mass is 276 g/mol. The molecule has 19 heavy (non-hydrogen) atoms. The van der Waals surface area contributed by atoms with E-state index in [1.54, 1.807) is 11.3 Å². The minimum Gasteiger partial charge on any atom is -0.136 e. The Morgan fingerprint density at radius 1 is 1.00 bits per heavy atom. The number of thiophene rings is 1. The first kappa shape index (κ1) is 20.0. The Labute approximate surface area is 123 Å². The zero-order valence-corrected chi connectivity index (χ0v) is 14.1. The highest BCUT2D eigenvalue weighted by molar-refractivity contribution is 7.11. The molecule has 0 saturated heterocycles. The molecule has 0 unspecified atom stereocenters. The Bertz CT molecular complexity index is 499. The van der Waals surface area contributed by atoms with Gasteiger partial charge in [-0.05, 0) is 24.6 Å². The van der Waals surface area contributed by atoms with Crippen LogP contribution in [-0.2, 0) is 0 Å². The van der Waals surface area contributed by atoms with Gasteiger partial charge in [-0.15, -0.1) is 11.3 Å². The van der Waals surface area contributed by atoms with Crippen LogP contribution in [0.5, 0.6) is 0 Å². The van der Waals surface area contributed by atoms with Crippen molar-refractivity contribution in [2.75, 3.05) is 0 Å². The van der Waals surface area contributed by atoms with Crippen molar-refractivity contribution in [3.63, 3.8) is 0 Å². The topological polar surface area (TPSA) is 0 Å². The van der Waals surface area contributed by atoms with Gasteiger partial charge in [0.2, 0.25) is 0 Å². The van der Waals surface area contributed by atoms with Crippen LogP contribution in [0.25, 0.3) is 24.3 Å². The standard InChI is InChI=1S/C14H16S.2C2H6/c1-5-9-11-12(10-6-2)14(8-4)15-13(11)7-3;2*1-2/h5-10H,1,4H2,2-3H3;2*1-2H3/b10-6-,11-9-,13-7+;;. The lowest BCUT2D eigenvalue weighted by molar-refractivity contribution is 1.50. The maximum absolute atomic E-state index is 3.85. The van der Waals surface area contributed by atoms with Crippen LogP contribution < -0.4 is 9.75 Å². The van der Waals surface area contributed by atoms with Crippen molar-refractivity contribution in [3.8, 4) is 0 Å². The maximum Gasteiger partial charge on any atom is 0.0349 e. The zero-order chi connectivity index (χ0) is 15.3. The summed E-state index contributed by atoms with van der Waals surface area (Å²) in [5, 5.41) is 1.24. The molecule has 0 saturated carbocycles. The van der Waals surface area contributed by atoms with E-state index in [-0.39, 0.29) is 0 Å². The predicted molar refractivity (Wildman–Crippen MR) is 95.9 cm³/mol. The second-order valence-corrected chi connectivity index (χ2v) is 4.14. The van der Waals surface area contributed by atoms with Crippen LogP contribution in [0.1, 0.15) is 52.0 Å². The fourth-order valence-corrected chi connectivity index (χ4v) is 2.50. The summed E-state index contributed by atoms with van der Waals surface area (Å²) in [6.45, 7) is 19.7. The van der Waals surface area contributed by atoms with Crippen molar-refractivity contribution in [1.82, 2.24) is 0 Å². The average Bonchev–Trinajstić information content (AvgIpc) is 2.82. The molecule has 0 aliphatic carbocycles. The fourth-order valence-electron chi connectivity index (χ4n) is 1.49. The van der Waals surface area contributed by atoms with E-state index in [0.29, 0.717) is 0 Å². The highest BCUT2D eigenvalue weighted by Crippen LogP contribution is 2.11. The molecule has 0 nitrogen and oxygen atoms in total. The quantitative estimate of drug-likeness (QED) is 0.708. The lowest BCUT2D eigenvalue weighted by Gasteiger charge is -1.89. The first-order valence-corrected chi connectivity index (χ1v) is 7.77. The van der Waals surface area contributed by atoms with E-state index in [1.807, 2.05) is 52.8 Å². The largest absolute Gasteiger partial charge is 0.136 e. The number of hydrogen-bond donors (Lipinski definition) is 0. The Balaban J connectivity index is 0. The van der Waals surface area contributed by atoms with Crippen LogP contribution in [-0.4, -0.2) is 0 Å². The molecule has 0 radical (unpaired) electrons. The van der Waals surface area contributed by atoms with E-state index in [0.717, 1.165) is 0 Å². The molecule has 1 aromatic rings. The first-order valence-electron chi connectivity index (χ1n) is 6.95. The third-order valence-electron chi connectivity index (χ3n) is 2.11. The minimum absolute atomic E-state index is 1.22. The molecule has 0 fully saturated rings. The van der Waals surface area contributed by atoms with Crippen LogP contribution in [0.15, 0.2) is 25.3 Å². The number of allylic oxidation sites excluding steroid dienone is 2. The third kappa shape index (κ3) is 5.89. The summed E-state index contributed by atoms with van der Waals surface area (Å²) in [4.78, 5) is 1.22. The summed E-state index contributed by atoms with van der Waals surface area (Å²) in [6, 6.07) is 0. The molecule has 0 spiro atoms. The van der Waals surface area contributed by atoms with E-state index in [9.17, 15) is 0 Å². The van der Waals surface area contributed by atoms with Gasteiger partial charge in [0.25, 0.3) is 0 Å². The normalized spacial score (nSPS) is 11.5. The predicted octanol–water partition coefficient (Wildman–Crippen LogP) is 5.24. The SMILES string of the molecule is C=C/C=c1/c(/C=C\C)c(C=C)s/c1=C/C.CC.CC. The van der Waals surface area contributed by atoms with Gasteiger partial charge >= 0.3 is 0 Å². The lowest BCUT2D eigenvalue weighted by atomic mass is 10.1. The molecule has 0 aliphatic heterocycles. The molecule has 1 heteroatoms. The van der Waals surface area contributed by atoms with Gasteiger partial charge in [0.15, 0.2) is 0 Å². The van der Waals surface area contributed by atoms with Gasteiger partial charge in [0.1, 0.15) is 0 Å². The van der Waals surface area contributed by atoms with Gasteiger partial charge in [-0.3, -0.25) is 0 Å². The Hall–Kier alpha value is -1.34. The summed E-state index contributed by atoms with van der Waals surface area (Å²) in [6.07, 6.45) is 12.1. The summed E-state index contributed by atoms with van der Waals surface area (Å²) < 4.78 is 1.28. The number of rotatable bonds is 3. The van der Waals surface area contributed by atoms with E-state index < -0.39 is 0 Å². The van der Waals surface area contributed by atoms with Crippen LogP contribution >= 0.6 is 11.3 Å². The van der Waals surface area contributed by atoms with Crippen molar-refractivity contribution in [2.24, 2.45) is 0 Å². The van der Waals surface area contributed by atoms with Crippen LogP contribution in [0, 0.1) is 0 Å². The van der Waals surface area contributed by atoms with Crippen LogP contribution in [0.3, 0.4) is 0 Å². The molecular weight excluding hydrogens is 248 g/mol. The molecule has 0 N–H and O–H groups in total. The highest BCUT2D eigenvalue weighted by Gasteiger charge is 2.02. The molecule has 0 bridgehead atoms. The lowest BCUT2D eigenvalue weighted by Crippen LogP contribution is -2.19. The average molecular weight is 276 g/mol. The van der Waals surface area contributed by atoms with Crippen molar-refractivity contribution in [1.29, 1.82) is 0 Å². The van der Waals surface area contributed by atoms with Crippen LogP contribution in [0.4, 0.5) is 0 Å². The van der Waals surface area contributed by atoms with Crippen molar-refractivity contribution in [3.05, 3.63) is 45.5 Å². The molecule has 1 rings (SSSR count). The van der Waals surface area contributed by atoms with Crippen molar-refractivity contribution in [2.45, 2.75) is 41.5 Å². The van der Waals surface area contributed by atoms with E-state index in [1.165, 1.54) is 20.2 Å². The summed E-state index contributed by atoms with van der Waals surface area (Å²) in [5.41, 5.74) is 1.24. The maximum atomic E-state index is 3.85. The molecule has 0 aliphatic rings. The summed E-state index contributed by atoms with van der Waals surface area (Å²) in [5.74, 6) is 0.